The van der Waals surface area contributed by atoms with Crippen molar-refractivity contribution >= 4 is 5.91 Å². The summed E-state index contributed by atoms with van der Waals surface area (Å²) in [5.74, 6) is 1.05. The molecule has 1 amide bonds. The molecule has 5 heteroatoms. The van der Waals surface area contributed by atoms with E-state index in [2.05, 4.69) is 14.8 Å². The van der Waals surface area contributed by atoms with E-state index in [9.17, 15) is 4.79 Å². The Hall–Kier alpha value is -1.36. The van der Waals surface area contributed by atoms with Crippen molar-refractivity contribution in [3.05, 3.63) is 18.2 Å². The Balaban J connectivity index is 1.51. The first-order valence-corrected chi connectivity index (χ1v) is 7.67. The van der Waals surface area contributed by atoms with Gasteiger partial charge < -0.3 is 9.47 Å². The summed E-state index contributed by atoms with van der Waals surface area (Å²) in [4.78, 5) is 20.7. The summed E-state index contributed by atoms with van der Waals surface area (Å²) in [5, 5.41) is 0. The summed E-state index contributed by atoms with van der Waals surface area (Å²) >= 11 is 0. The van der Waals surface area contributed by atoms with E-state index in [0.717, 1.165) is 32.1 Å². The molecule has 1 aromatic rings. The molecule has 2 heterocycles. The number of piperazine rings is 1. The fourth-order valence-corrected chi connectivity index (χ4v) is 3.36. The lowest BCUT2D eigenvalue weighted by molar-refractivity contribution is -0.136. The number of hydrogen-bond acceptors (Lipinski definition) is 3. The topological polar surface area (TPSA) is 41.4 Å². The van der Waals surface area contributed by atoms with E-state index >= 15 is 0 Å². The predicted octanol–water partition coefficient (Wildman–Crippen LogP) is 1.25. The number of hydrogen-bond donors (Lipinski definition) is 0. The number of imidazole rings is 1. The summed E-state index contributed by atoms with van der Waals surface area (Å²) in [7, 11) is 2.00. The largest absolute Gasteiger partial charge is 0.340 e. The summed E-state index contributed by atoms with van der Waals surface area (Å²) < 4.78 is 2.02. The zero-order valence-corrected chi connectivity index (χ0v) is 12.3. The highest BCUT2D eigenvalue weighted by Gasteiger charge is 2.27. The fraction of sp³-hybridized carbons (Fsp3) is 0.733. The highest BCUT2D eigenvalue weighted by Crippen LogP contribution is 2.26. The number of aryl methyl sites for hydroxylation is 1. The number of amides is 1. The van der Waals surface area contributed by atoms with Crippen molar-refractivity contribution < 1.29 is 4.79 Å². The van der Waals surface area contributed by atoms with Crippen molar-refractivity contribution in [2.45, 2.75) is 32.2 Å². The van der Waals surface area contributed by atoms with Crippen molar-refractivity contribution in [2.24, 2.45) is 13.0 Å². The van der Waals surface area contributed by atoms with Crippen LogP contribution in [0.4, 0.5) is 0 Å². The van der Waals surface area contributed by atoms with E-state index in [1.165, 1.54) is 31.4 Å². The average Bonchev–Trinajstić information content (AvgIpc) is 3.06. The van der Waals surface area contributed by atoms with Crippen molar-refractivity contribution in [3.8, 4) is 0 Å². The Labute approximate surface area is 120 Å². The van der Waals surface area contributed by atoms with Crippen LogP contribution in [-0.4, -0.2) is 51.4 Å². The zero-order valence-electron chi connectivity index (χ0n) is 12.3. The van der Waals surface area contributed by atoms with Crippen LogP contribution in [0.2, 0.25) is 0 Å². The first-order valence-electron chi connectivity index (χ1n) is 7.67. The Morgan fingerprint density at radius 2 is 2.10 bits per heavy atom. The third-order valence-corrected chi connectivity index (χ3v) is 4.65. The van der Waals surface area contributed by atoms with Gasteiger partial charge in [-0.2, -0.15) is 0 Å². The Morgan fingerprint density at radius 1 is 1.30 bits per heavy atom. The zero-order chi connectivity index (χ0) is 13.9. The first kappa shape index (κ1) is 13.6. The van der Waals surface area contributed by atoms with Crippen LogP contribution in [0.15, 0.2) is 12.5 Å². The van der Waals surface area contributed by atoms with Crippen molar-refractivity contribution in [1.29, 1.82) is 0 Å². The molecule has 1 aromatic heterocycles. The quantitative estimate of drug-likeness (QED) is 0.831. The van der Waals surface area contributed by atoms with Gasteiger partial charge in [-0.3, -0.25) is 9.69 Å². The average molecular weight is 276 g/mol. The molecular formula is C15H24N4O. The van der Waals surface area contributed by atoms with Crippen LogP contribution in [0.3, 0.4) is 0 Å². The molecule has 1 saturated carbocycles. The molecule has 2 fully saturated rings. The standard InChI is InChI=1S/C15H24N4O/c1-17-12-16-8-14(17)10-18-6-7-19(15(20)11-18)9-13-4-2-3-5-13/h8,12-13H,2-7,9-11H2,1H3. The van der Waals surface area contributed by atoms with E-state index in [4.69, 9.17) is 0 Å². The smallest absolute Gasteiger partial charge is 0.236 e. The van der Waals surface area contributed by atoms with Crippen molar-refractivity contribution in [1.82, 2.24) is 19.4 Å². The van der Waals surface area contributed by atoms with Crippen LogP contribution in [0.1, 0.15) is 31.4 Å². The molecule has 1 aliphatic heterocycles. The van der Waals surface area contributed by atoms with E-state index in [0.29, 0.717) is 12.5 Å². The van der Waals surface area contributed by atoms with Gasteiger partial charge in [0.05, 0.1) is 18.6 Å². The van der Waals surface area contributed by atoms with E-state index < -0.39 is 0 Å². The van der Waals surface area contributed by atoms with E-state index in [1.807, 2.05) is 24.1 Å². The van der Waals surface area contributed by atoms with Crippen molar-refractivity contribution in [3.63, 3.8) is 0 Å². The molecule has 5 nitrogen and oxygen atoms in total. The lowest BCUT2D eigenvalue weighted by atomic mass is 10.1. The van der Waals surface area contributed by atoms with Gasteiger partial charge in [0.2, 0.25) is 5.91 Å². The highest BCUT2D eigenvalue weighted by molar-refractivity contribution is 5.79. The maximum Gasteiger partial charge on any atom is 0.236 e. The number of nitrogens with zero attached hydrogens (tertiary/aromatic N) is 4. The lowest BCUT2D eigenvalue weighted by Crippen LogP contribution is -2.51. The molecule has 0 bridgehead atoms. The Bertz CT molecular complexity index is 464. The number of carbonyl (C=O) groups is 1. The van der Waals surface area contributed by atoms with Gasteiger partial charge in [0.15, 0.2) is 0 Å². The predicted molar refractivity (Wildman–Crippen MR) is 77.0 cm³/mol. The molecule has 110 valence electrons. The van der Waals surface area contributed by atoms with Gasteiger partial charge in [0, 0.05) is 39.4 Å². The van der Waals surface area contributed by atoms with Crippen LogP contribution < -0.4 is 0 Å². The molecular weight excluding hydrogens is 252 g/mol. The number of carbonyl (C=O) groups excluding carboxylic acids is 1. The van der Waals surface area contributed by atoms with Crippen molar-refractivity contribution in [2.75, 3.05) is 26.2 Å². The second-order valence-electron chi connectivity index (χ2n) is 6.20. The van der Waals surface area contributed by atoms with Crippen LogP contribution in [0.25, 0.3) is 0 Å². The fourth-order valence-electron chi connectivity index (χ4n) is 3.36. The van der Waals surface area contributed by atoms with E-state index in [1.54, 1.807) is 0 Å². The van der Waals surface area contributed by atoms with Gasteiger partial charge in [0.25, 0.3) is 0 Å². The van der Waals surface area contributed by atoms with Gasteiger partial charge >= 0.3 is 0 Å². The second kappa shape index (κ2) is 5.95. The molecule has 0 N–H and O–H groups in total. The molecule has 2 aliphatic rings. The number of rotatable bonds is 4. The minimum atomic E-state index is 0.297. The third-order valence-electron chi connectivity index (χ3n) is 4.65. The Morgan fingerprint density at radius 3 is 2.75 bits per heavy atom. The lowest BCUT2D eigenvalue weighted by Gasteiger charge is -2.35. The SMILES string of the molecule is Cn1cncc1CN1CCN(CC2CCCC2)C(=O)C1. The van der Waals surface area contributed by atoms with Gasteiger partial charge in [-0.05, 0) is 18.8 Å². The normalized spacial score (nSPS) is 21.9. The molecule has 20 heavy (non-hydrogen) atoms. The third kappa shape index (κ3) is 3.03. The molecule has 1 saturated heterocycles. The molecule has 0 spiro atoms. The molecule has 0 atom stereocenters. The summed E-state index contributed by atoms with van der Waals surface area (Å²) in [6.45, 7) is 4.21. The molecule has 0 aromatic carbocycles. The summed E-state index contributed by atoms with van der Waals surface area (Å²) in [6.07, 6.45) is 9.01. The minimum absolute atomic E-state index is 0.297. The van der Waals surface area contributed by atoms with E-state index in [-0.39, 0.29) is 0 Å². The van der Waals surface area contributed by atoms with Crippen LogP contribution in [-0.2, 0) is 18.4 Å². The second-order valence-corrected chi connectivity index (χ2v) is 6.20. The Kier molecular flexibility index (Phi) is 4.05. The summed E-state index contributed by atoms with van der Waals surface area (Å²) in [5.41, 5.74) is 1.17. The van der Waals surface area contributed by atoms with Gasteiger partial charge in [0.1, 0.15) is 0 Å². The molecule has 0 radical (unpaired) electrons. The van der Waals surface area contributed by atoms with Crippen LogP contribution >= 0.6 is 0 Å². The van der Waals surface area contributed by atoms with Crippen LogP contribution in [0.5, 0.6) is 0 Å². The van der Waals surface area contributed by atoms with Crippen LogP contribution in [0, 0.1) is 5.92 Å². The first-order chi connectivity index (χ1) is 9.72. The molecule has 0 unspecified atom stereocenters. The monoisotopic (exact) mass is 276 g/mol. The van der Waals surface area contributed by atoms with Gasteiger partial charge in [-0.1, -0.05) is 12.8 Å². The molecule has 1 aliphatic carbocycles. The molecule has 3 rings (SSSR count). The highest BCUT2D eigenvalue weighted by atomic mass is 16.2. The van der Waals surface area contributed by atoms with Gasteiger partial charge in [-0.25, -0.2) is 4.98 Å². The minimum Gasteiger partial charge on any atom is -0.340 e. The summed E-state index contributed by atoms with van der Waals surface area (Å²) in [6, 6.07) is 0. The maximum absolute atomic E-state index is 12.3. The number of aromatic nitrogens is 2. The maximum atomic E-state index is 12.3. The van der Waals surface area contributed by atoms with Gasteiger partial charge in [-0.15, -0.1) is 0 Å².